The van der Waals surface area contributed by atoms with Gasteiger partial charge in [0.1, 0.15) is 0 Å². The highest BCUT2D eigenvalue weighted by Crippen LogP contribution is 2.32. The molecule has 0 bridgehead atoms. The molecule has 130 valence electrons. The van der Waals surface area contributed by atoms with Crippen molar-refractivity contribution in [2.24, 2.45) is 5.92 Å². The number of aromatic nitrogens is 1. The molecule has 0 radical (unpaired) electrons. The summed E-state index contributed by atoms with van der Waals surface area (Å²) in [6, 6.07) is 6.04. The van der Waals surface area contributed by atoms with Gasteiger partial charge in [0.15, 0.2) is 11.5 Å². The summed E-state index contributed by atoms with van der Waals surface area (Å²) >= 11 is 0. The number of rotatable bonds is 6. The third kappa shape index (κ3) is 4.37. The Hall–Kier alpha value is -2.31. The van der Waals surface area contributed by atoms with Crippen LogP contribution in [0, 0.1) is 5.92 Å². The van der Waals surface area contributed by atoms with Crippen LogP contribution >= 0.6 is 0 Å². The number of amides is 1. The number of hydrogen-bond donors (Lipinski definition) is 1. The summed E-state index contributed by atoms with van der Waals surface area (Å²) in [4.78, 5) is 12.0. The molecule has 2 rings (SSSR count). The fourth-order valence-corrected chi connectivity index (χ4v) is 2.27. The first kappa shape index (κ1) is 18.0. The van der Waals surface area contributed by atoms with E-state index in [-0.39, 0.29) is 17.0 Å². The van der Waals surface area contributed by atoms with Crippen molar-refractivity contribution in [3.8, 4) is 11.3 Å². The van der Waals surface area contributed by atoms with Crippen molar-refractivity contribution in [3.63, 3.8) is 0 Å². The maximum absolute atomic E-state index is 12.7. The molecule has 1 amide bonds. The van der Waals surface area contributed by atoms with Crippen LogP contribution in [0.4, 0.5) is 13.2 Å². The third-order valence-corrected chi connectivity index (χ3v) is 3.92. The maximum Gasteiger partial charge on any atom is 0.416 e. The molecular formula is C17H19F3N2O2. The standard InChI is InChI=1S/C17H19F3N2O2/c1-3-11(4-2)10-21-16(23)14-9-15(24-22-14)12-6-5-7-13(8-12)17(18,19)20/h5-9,11H,3-4,10H2,1-2H3,(H,21,23). The quantitative estimate of drug-likeness (QED) is 0.841. The van der Waals surface area contributed by atoms with Gasteiger partial charge in [0.2, 0.25) is 0 Å². The molecule has 4 nitrogen and oxygen atoms in total. The maximum atomic E-state index is 12.7. The Morgan fingerprint density at radius 3 is 2.58 bits per heavy atom. The second-order valence-electron chi connectivity index (χ2n) is 5.55. The van der Waals surface area contributed by atoms with Crippen molar-refractivity contribution in [1.29, 1.82) is 0 Å². The number of hydrogen-bond acceptors (Lipinski definition) is 3. The van der Waals surface area contributed by atoms with E-state index in [2.05, 4.69) is 10.5 Å². The summed E-state index contributed by atoms with van der Waals surface area (Å²) in [5.41, 5.74) is -0.513. The highest BCUT2D eigenvalue weighted by molar-refractivity contribution is 5.93. The zero-order valence-electron chi connectivity index (χ0n) is 13.5. The fourth-order valence-electron chi connectivity index (χ4n) is 2.27. The van der Waals surface area contributed by atoms with E-state index in [0.29, 0.717) is 12.5 Å². The van der Waals surface area contributed by atoms with Crippen molar-refractivity contribution >= 4 is 5.91 Å². The van der Waals surface area contributed by atoms with Gasteiger partial charge in [-0.15, -0.1) is 0 Å². The summed E-state index contributed by atoms with van der Waals surface area (Å²) in [6.45, 7) is 4.61. The highest BCUT2D eigenvalue weighted by Gasteiger charge is 2.30. The molecule has 0 aliphatic carbocycles. The molecular weight excluding hydrogens is 321 g/mol. The first-order valence-corrected chi connectivity index (χ1v) is 7.77. The molecule has 0 spiro atoms. The molecule has 0 aliphatic heterocycles. The fraction of sp³-hybridized carbons (Fsp3) is 0.412. The van der Waals surface area contributed by atoms with Gasteiger partial charge < -0.3 is 9.84 Å². The monoisotopic (exact) mass is 340 g/mol. The van der Waals surface area contributed by atoms with Crippen LogP contribution in [0.3, 0.4) is 0 Å². The van der Waals surface area contributed by atoms with E-state index >= 15 is 0 Å². The zero-order valence-corrected chi connectivity index (χ0v) is 13.5. The highest BCUT2D eigenvalue weighted by atomic mass is 19.4. The van der Waals surface area contributed by atoms with Crippen LogP contribution in [0.5, 0.6) is 0 Å². The Bertz CT molecular complexity index is 691. The second-order valence-corrected chi connectivity index (χ2v) is 5.55. The number of nitrogens with one attached hydrogen (secondary N) is 1. The lowest BCUT2D eigenvalue weighted by Gasteiger charge is -2.11. The van der Waals surface area contributed by atoms with Gasteiger partial charge in [-0.05, 0) is 18.1 Å². The average molecular weight is 340 g/mol. The van der Waals surface area contributed by atoms with Gasteiger partial charge >= 0.3 is 6.18 Å². The van der Waals surface area contributed by atoms with E-state index in [0.717, 1.165) is 25.0 Å². The molecule has 0 atom stereocenters. The van der Waals surface area contributed by atoms with Gasteiger partial charge in [-0.1, -0.05) is 44.0 Å². The van der Waals surface area contributed by atoms with Crippen molar-refractivity contribution in [2.75, 3.05) is 6.54 Å². The number of benzene rings is 1. The lowest BCUT2D eigenvalue weighted by Crippen LogP contribution is -2.29. The zero-order chi connectivity index (χ0) is 17.7. The largest absolute Gasteiger partial charge is 0.416 e. The second kappa shape index (κ2) is 7.51. The molecule has 2 aromatic rings. The van der Waals surface area contributed by atoms with Gasteiger partial charge in [0, 0.05) is 18.2 Å². The number of carbonyl (C=O) groups is 1. The van der Waals surface area contributed by atoms with Crippen LogP contribution in [-0.4, -0.2) is 17.6 Å². The smallest absolute Gasteiger partial charge is 0.355 e. The van der Waals surface area contributed by atoms with Gasteiger partial charge in [0.05, 0.1) is 5.56 Å². The van der Waals surface area contributed by atoms with Gasteiger partial charge in [-0.3, -0.25) is 4.79 Å². The topological polar surface area (TPSA) is 55.1 Å². The molecule has 1 aromatic carbocycles. The number of nitrogens with zero attached hydrogens (tertiary/aromatic N) is 1. The summed E-state index contributed by atoms with van der Waals surface area (Å²) in [5.74, 6) is 0.0986. The summed E-state index contributed by atoms with van der Waals surface area (Å²) in [6.07, 6.45) is -2.54. The Morgan fingerprint density at radius 2 is 1.96 bits per heavy atom. The van der Waals surface area contributed by atoms with Crippen LogP contribution < -0.4 is 5.32 Å². The third-order valence-electron chi connectivity index (χ3n) is 3.92. The van der Waals surface area contributed by atoms with Crippen molar-refractivity contribution < 1.29 is 22.5 Å². The molecule has 1 aromatic heterocycles. The molecule has 0 saturated heterocycles. The van der Waals surface area contributed by atoms with Crippen molar-refractivity contribution in [1.82, 2.24) is 10.5 Å². The lowest BCUT2D eigenvalue weighted by molar-refractivity contribution is -0.137. The number of halogens is 3. The Kier molecular flexibility index (Phi) is 5.64. The van der Waals surface area contributed by atoms with Crippen molar-refractivity contribution in [3.05, 3.63) is 41.6 Å². The predicted octanol–water partition coefficient (Wildman–Crippen LogP) is 4.53. The Balaban J connectivity index is 2.12. The normalized spacial score (nSPS) is 11.8. The molecule has 24 heavy (non-hydrogen) atoms. The summed E-state index contributed by atoms with van der Waals surface area (Å²) in [5, 5.41) is 6.41. The van der Waals surface area contributed by atoms with Crippen LogP contribution in [0.25, 0.3) is 11.3 Å². The molecule has 0 aliphatic rings. The van der Waals surface area contributed by atoms with Gasteiger partial charge in [-0.25, -0.2) is 0 Å². The molecule has 0 unspecified atom stereocenters. The number of carbonyl (C=O) groups excluding carboxylic acids is 1. The van der Waals surface area contributed by atoms with Crippen LogP contribution in [0.15, 0.2) is 34.9 Å². The molecule has 1 heterocycles. The van der Waals surface area contributed by atoms with Gasteiger partial charge in [0.25, 0.3) is 5.91 Å². The SMILES string of the molecule is CCC(CC)CNC(=O)c1cc(-c2cccc(C(F)(F)F)c2)on1. The molecule has 7 heteroatoms. The summed E-state index contributed by atoms with van der Waals surface area (Å²) < 4.78 is 43.3. The molecule has 1 N–H and O–H groups in total. The minimum Gasteiger partial charge on any atom is -0.355 e. The number of alkyl halides is 3. The summed E-state index contributed by atoms with van der Waals surface area (Å²) in [7, 11) is 0. The molecule has 0 fully saturated rings. The van der Waals surface area contributed by atoms with E-state index in [1.165, 1.54) is 18.2 Å². The Morgan fingerprint density at radius 1 is 1.25 bits per heavy atom. The predicted molar refractivity (Wildman–Crippen MR) is 83.3 cm³/mol. The van der Waals surface area contributed by atoms with E-state index in [1.54, 1.807) is 0 Å². The van der Waals surface area contributed by atoms with Crippen LogP contribution in [-0.2, 0) is 6.18 Å². The van der Waals surface area contributed by atoms with Crippen molar-refractivity contribution in [2.45, 2.75) is 32.9 Å². The van der Waals surface area contributed by atoms with Gasteiger partial charge in [-0.2, -0.15) is 13.2 Å². The van der Waals surface area contributed by atoms with E-state index in [1.807, 2.05) is 13.8 Å². The van der Waals surface area contributed by atoms with E-state index in [9.17, 15) is 18.0 Å². The minimum absolute atomic E-state index is 0.0494. The molecule has 0 saturated carbocycles. The minimum atomic E-state index is -4.44. The Labute approximate surface area is 138 Å². The average Bonchev–Trinajstić information content (AvgIpc) is 3.05. The first-order valence-electron chi connectivity index (χ1n) is 7.77. The van der Waals surface area contributed by atoms with E-state index in [4.69, 9.17) is 4.52 Å². The first-order chi connectivity index (χ1) is 11.3. The van der Waals surface area contributed by atoms with E-state index < -0.39 is 17.6 Å². The van der Waals surface area contributed by atoms with Crippen LogP contribution in [0.1, 0.15) is 42.7 Å². The lowest BCUT2D eigenvalue weighted by atomic mass is 10.0. The van der Waals surface area contributed by atoms with Crippen LogP contribution in [0.2, 0.25) is 0 Å².